The fourth-order valence-electron chi connectivity index (χ4n) is 3.69. The molecule has 1 aliphatic rings. The predicted octanol–water partition coefficient (Wildman–Crippen LogP) is 3.19. The van der Waals surface area contributed by atoms with Gasteiger partial charge in [-0.05, 0) is 42.5 Å². The van der Waals surface area contributed by atoms with E-state index < -0.39 is 5.82 Å². The smallest absolute Gasteiger partial charge is 0.229 e. The van der Waals surface area contributed by atoms with Gasteiger partial charge in [0.1, 0.15) is 17.3 Å². The first-order valence-corrected chi connectivity index (χ1v) is 9.48. The predicted molar refractivity (Wildman–Crippen MR) is 110 cm³/mol. The van der Waals surface area contributed by atoms with Gasteiger partial charge in [-0.15, -0.1) is 0 Å². The number of hydrogen-bond acceptors (Lipinski definition) is 6. The van der Waals surface area contributed by atoms with Crippen molar-refractivity contribution in [2.24, 2.45) is 5.92 Å². The first-order valence-electron chi connectivity index (χ1n) is 9.48. The molecule has 150 valence electrons. The standard InChI is InChI=1S/C21H18FN7O/c1-10-2-3-24-8-15(10)19-18(22)13-5-17(25-9-16(13)20(23)29-19)28-21(30)14-4-12(14)11-6-26-27-7-11/h2-3,5-9,12,14H,4H2,1H3,(H2,23,29)(H,26,27)(H,25,28,30)/t12-,14+/m0/s1. The number of nitrogens with one attached hydrogen (secondary N) is 2. The molecule has 4 heterocycles. The monoisotopic (exact) mass is 403 g/mol. The summed E-state index contributed by atoms with van der Waals surface area (Å²) in [6.45, 7) is 1.85. The molecule has 0 saturated heterocycles. The van der Waals surface area contributed by atoms with Gasteiger partial charge in [-0.25, -0.2) is 14.4 Å². The highest BCUT2D eigenvalue weighted by atomic mass is 19.1. The zero-order chi connectivity index (χ0) is 20.8. The lowest BCUT2D eigenvalue weighted by Gasteiger charge is -2.11. The average molecular weight is 403 g/mol. The van der Waals surface area contributed by atoms with Gasteiger partial charge < -0.3 is 11.1 Å². The summed E-state index contributed by atoms with van der Waals surface area (Å²) >= 11 is 0. The molecule has 0 bridgehead atoms. The van der Waals surface area contributed by atoms with Gasteiger partial charge in [-0.2, -0.15) is 5.10 Å². The number of nitrogens with two attached hydrogens (primary N) is 1. The highest BCUT2D eigenvalue weighted by Crippen LogP contribution is 2.47. The van der Waals surface area contributed by atoms with Crippen molar-refractivity contribution in [2.75, 3.05) is 11.1 Å². The topological polar surface area (TPSA) is 122 Å². The van der Waals surface area contributed by atoms with Crippen molar-refractivity contribution in [3.05, 3.63) is 60.1 Å². The normalized spacial score (nSPS) is 17.8. The Balaban J connectivity index is 1.47. The lowest BCUT2D eigenvalue weighted by molar-refractivity contribution is -0.117. The molecular formula is C21H18FN7O. The molecule has 1 aliphatic carbocycles. The van der Waals surface area contributed by atoms with Gasteiger partial charge in [0.05, 0.1) is 6.20 Å². The van der Waals surface area contributed by atoms with Crippen molar-refractivity contribution < 1.29 is 9.18 Å². The van der Waals surface area contributed by atoms with Crippen molar-refractivity contribution in [3.63, 3.8) is 0 Å². The van der Waals surface area contributed by atoms with Crippen LogP contribution in [0.15, 0.2) is 43.1 Å². The van der Waals surface area contributed by atoms with Crippen molar-refractivity contribution in [1.29, 1.82) is 0 Å². The second kappa shape index (κ2) is 6.87. The number of carbonyl (C=O) groups is 1. The summed E-state index contributed by atoms with van der Waals surface area (Å²) in [6.07, 6.45) is 8.87. The Morgan fingerprint density at radius 1 is 1.30 bits per heavy atom. The third kappa shape index (κ3) is 3.04. The SMILES string of the molecule is Cc1ccncc1-c1nc(N)c2cnc(NC(=O)[C@@H]3C[C@H]3c3cn[nH]c3)cc2c1F. The zero-order valence-electron chi connectivity index (χ0n) is 16.1. The van der Waals surface area contributed by atoms with Crippen LogP contribution in [0.5, 0.6) is 0 Å². The third-order valence-electron chi connectivity index (χ3n) is 5.48. The number of nitrogens with zero attached hydrogens (tertiary/aromatic N) is 4. The van der Waals surface area contributed by atoms with E-state index in [4.69, 9.17) is 5.73 Å². The van der Waals surface area contributed by atoms with Crippen LogP contribution in [-0.4, -0.2) is 31.1 Å². The maximum absolute atomic E-state index is 15.4. The summed E-state index contributed by atoms with van der Waals surface area (Å²) in [5.74, 6) is -0.266. The number of amides is 1. The van der Waals surface area contributed by atoms with E-state index in [0.717, 1.165) is 17.5 Å². The summed E-state index contributed by atoms with van der Waals surface area (Å²) in [5, 5.41) is 10.1. The van der Waals surface area contributed by atoms with E-state index in [0.29, 0.717) is 10.9 Å². The molecule has 30 heavy (non-hydrogen) atoms. The van der Waals surface area contributed by atoms with Crippen molar-refractivity contribution in [3.8, 4) is 11.3 Å². The molecule has 4 N–H and O–H groups in total. The number of hydrogen-bond donors (Lipinski definition) is 3. The van der Waals surface area contributed by atoms with Gasteiger partial charge in [-0.3, -0.25) is 14.9 Å². The largest absolute Gasteiger partial charge is 0.383 e. The van der Waals surface area contributed by atoms with E-state index in [1.807, 2.05) is 6.92 Å². The van der Waals surface area contributed by atoms with Gasteiger partial charge in [0.25, 0.3) is 0 Å². The quantitative estimate of drug-likeness (QED) is 0.481. The molecule has 1 saturated carbocycles. The Labute approximate surface area is 170 Å². The molecule has 2 atom stereocenters. The Morgan fingerprint density at radius 3 is 2.93 bits per heavy atom. The van der Waals surface area contributed by atoms with Gasteiger partial charge in [0.2, 0.25) is 5.91 Å². The number of aromatic amines is 1. The number of nitrogen functional groups attached to an aromatic ring is 1. The second-order valence-electron chi connectivity index (χ2n) is 7.43. The molecule has 1 amide bonds. The fraction of sp³-hybridized carbons (Fsp3) is 0.190. The van der Waals surface area contributed by atoms with Crippen LogP contribution in [0.25, 0.3) is 22.0 Å². The van der Waals surface area contributed by atoms with E-state index in [9.17, 15) is 4.79 Å². The highest BCUT2D eigenvalue weighted by Gasteiger charge is 2.44. The second-order valence-corrected chi connectivity index (χ2v) is 7.43. The Kier molecular flexibility index (Phi) is 4.16. The van der Waals surface area contributed by atoms with Crippen molar-refractivity contribution >= 4 is 28.3 Å². The molecule has 0 radical (unpaired) electrons. The number of pyridine rings is 3. The summed E-state index contributed by atoms with van der Waals surface area (Å²) in [5.41, 5.74) is 8.58. The fourth-order valence-corrected chi connectivity index (χ4v) is 3.69. The minimum absolute atomic E-state index is 0.122. The van der Waals surface area contributed by atoms with Gasteiger partial charge in [0, 0.05) is 47.0 Å². The third-order valence-corrected chi connectivity index (χ3v) is 5.48. The molecule has 4 aromatic heterocycles. The average Bonchev–Trinajstić information content (AvgIpc) is 3.36. The van der Waals surface area contributed by atoms with Crippen LogP contribution in [0.2, 0.25) is 0 Å². The molecule has 9 heteroatoms. The van der Waals surface area contributed by atoms with Gasteiger partial charge in [0.15, 0.2) is 5.82 Å². The molecule has 0 spiro atoms. The van der Waals surface area contributed by atoms with E-state index in [-0.39, 0.29) is 40.5 Å². The van der Waals surface area contributed by atoms with Crippen LogP contribution in [0.3, 0.4) is 0 Å². The first-order chi connectivity index (χ1) is 14.5. The van der Waals surface area contributed by atoms with Crippen molar-refractivity contribution in [2.45, 2.75) is 19.3 Å². The number of carbonyl (C=O) groups excluding carboxylic acids is 1. The van der Waals surface area contributed by atoms with Gasteiger partial charge >= 0.3 is 0 Å². The maximum atomic E-state index is 15.4. The number of aromatic nitrogens is 5. The minimum atomic E-state index is -0.532. The van der Waals surface area contributed by atoms with Crippen LogP contribution in [0.4, 0.5) is 16.0 Å². The first kappa shape index (κ1) is 18.2. The molecule has 4 aromatic rings. The van der Waals surface area contributed by atoms with E-state index >= 15 is 4.39 Å². The van der Waals surface area contributed by atoms with Crippen molar-refractivity contribution in [1.82, 2.24) is 25.1 Å². The molecule has 8 nitrogen and oxygen atoms in total. The lowest BCUT2D eigenvalue weighted by Crippen LogP contribution is -2.15. The molecule has 0 unspecified atom stereocenters. The van der Waals surface area contributed by atoms with Crippen LogP contribution in [0, 0.1) is 18.7 Å². The van der Waals surface area contributed by atoms with E-state index in [2.05, 4.69) is 30.5 Å². The number of fused-ring (bicyclic) bond motifs is 1. The molecular weight excluding hydrogens is 385 g/mol. The van der Waals surface area contributed by atoms with Crippen LogP contribution in [0.1, 0.15) is 23.5 Å². The number of anilines is 2. The number of rotatable bonds is 4. The molecule has 5 rings (SSSR count). The molecule has 0 aromatic carbocycles. The minimum Gasteiger partial charge on any atom is -0.383 e. The van der Waals surface area contributed by atoms with E-state index in [1.54, 1.807) is 30.9 Å². The van der Waals surface area contributed by atoms with Crippen LogP contribution in [-0.2, 0) is 4.79 Å². The number of aryl methyl sites for hydroxylation is 1. The van der Waals surface area contributed by atoms with E-state index in [1.165, 1.54) is 12.3 Å². The molecule has 0 aliphatic heterocycles. The maximum Gasteiger partial charge on any atom is 0.229 e. The Hall–Kier alpha value is -3.88. The molecule has 1 fully saturated rings. The highest BCUT2D eigenvalue weighted by molar-refractivity contribution is 5.99. The summed E-state index contributed by atoms with van der Waals surface area (Å²) in [6, 6.07) is 3.27. The number of halogens is 1. The Bertz CT molecular complexity index is 1270. The van der Waals surface area contributed by atoms with Crippen LogP contribution >= 0.6 is 0 Å². The zero-order valence-corrected chi connectivity index (χ0v) is 16.1. The van der Waals surface area contributed by atoms with Gasteiger partial charge in [-0.1, -0.05) is 0 Å². The summed E-state index contributed by atoms with van der Waals surface area (Å²) in [7, 11) is 0. The summed E-state index contributed by atoms with van der Waals surface area (Å²) in [4.78, 5) is 25.1. The number of H-pyrrole nitrogens is 1. The lowest BCUT2D eigenvalue weighted by atomic mass is 10.0. The Morgan fingerprint density at radius 2 is 2.17 bits per heavy atom. The summed E-state index contributed by atoms with van der Waals surface area (Å²) < 4.78 is 15.4. The van der Waals surface area contributed by atoms with Crippen LogP contribution < -0.4 is 11.1 Å².